The molecular formula is C80H138N12O13. The van der Waals surface area contributed by atoms with E-state index in [-0.39, 0.29) is 74.0 Å². The summed E-state index contributed by atoms with van der Waals surface area (Å²) in [7, 11) is 12.0. The Bertz CT molecular complexity index is 2920. The van der Waals surface area contributed by atoms with Gasteiger partial charge in [-0.05, 0) is 120 Å². The molecule has 0 bridgehead atoms. The van der Waals surface area contributed by atoms with Gasteiger partial charge < -0.3 is 65.2 Å². The van der Waals surface area contributed by atoms with Crippen LogP contribution in [0.4, 0.5) is 0 Å². The molecule has 12 amide bonds. The highest BCUT2D eigenvalue weighted by Crippen LogP contribution is 2.35. The van der Waals surface area contributed by atoms with Crippen molar-refractivity contribution in [2.45, 2.75) is 328 Å². The van der Waals surface area contributed by atoms with Crippen molar-refractivity contribution in [1.29, 1.82) is 0 Å². The lowest BCUT2D eigenvalue weighted by atomic mass is 9.83. The lowest BCUT2D eigenvalue weighted by Crippen LogP contribution is -2.63. The number of rotatable bonds is 15. The summed E-state index contributed by atoms with van der Waals surface area (Å²) in [5.74, 6) is -8.02. The first-order valence-corrected chi connectivity index (χ1v) is 40.6. The number of carbonyl (C=O) groups excluding carboxylic acids is 12. The number of carbonyl (C=O) groups is 12. The van der Waals surface area contributed by atoms with Gasteiger partial charge in [-0.3, -0.25) is 57.5 Å². The average Bonchev–Trinajstić information content (AvgIpc) is 0.811. The summed E-state index contributed by atoms with van der Waals surface area (Å²) in [5.41, 5.74) is 0. The van der Waals surface area contributed by atoms with Crippen LogP contribution in [0.2, 0.25) is 0 Å². The van der Waals surface area contributed by atoms with E-state index in [0.717, 1.165) is 140 Å². The van der Waals surface area contributed by atoms with Crippen molar-refractivity contribution < 1.29 is 62.6 Å². The van der Waals surface area contributed by atoms with E-state index < -0.39 is 156 Å². The molecule has 12 atom stereocenters. The second kappa shape index (κ2) is 41.2. The Balaban J connectivity index is 1.50. The minimum absolute atomic E-state index is 0.00111. The number of aliphatic hydroxyl groups is 1. The van der Waals surface area contributed by atoms with Crippen molar-refractivity contribution in [3.8, 4) is 0 Å². The van der Waals surface area contributed by atoms with Crippen molar-refractivity contribution in [1.82, 2.24) is 60.0 Å². The lowest BCUT2D eigenvalue weighted by molar-refractivity contribution is -0.155. The molecule has 25 nitrogen and oxygen atoms in total. The molecule has 2 aliphatic heterocycles. The van der Waals surface area contributed by atoms with Crippen molar-refractivity contribution >= 4 is 70.9 Å². The first kappa shape index (κ1) is 87.5. The predicted octanol–water partition coefficient (Wildman–Crippen LogP) is 7.52. The van der Waals surface area contributed by atoms with Crippen LogP contribution in [0.15, 0.2) is 0 Å². The summed E-state index contributed by atoms with van der Waals surface area (Å²) in [5, 5.41) is 20.4. The monoisotopic (exact) mass is 1480 g/mol. The minimum Gasteiger partial charge on any atom is -0.391 e. The number of amides is 12. The van der Waals surface area contributed by atoms with Crippen LogP contribution >= 0.6 is 0 Å². The van der Waals surface area contributed by atoms with E-state index in [1.165, 1.54) is 83.4 Å². The number of piperidine rings is 1. The third-order valence-electron chi connectivity index (χ3n) is 24.7. The Kier molecular flexibility index (Phi) is 34.4. The number of likely N-dealkylation sites (tertiary alicyclic amines) is 1. The maximum absolute atomic E-state index is 15.9. The van der Waals surface area contributed by atoms with Gasteiger partial charge in [-0.15, -0.1) is 0 Å². The third-order valence-corrected chi connectivity index (χ3v) is 24.7. The Hall–Kier alpha value is -6.40. The molecule has 2 saturated heterocycles. The molecule has 4 N–H and O–H groups in total. The highest BCUT2D eigenvalue weighted by molar-refractivity contribution is 6.00. The van der Waals surface area contributed by atoms with Gasteiger partial charge in [0.05, 0.1) is 12.5 Å². The zero-order chi connectivity index (χ0) is 77.8. The number of hydrogen-bond donors (Lipinski definition) is 4. The summed E-state index contributed by atoms with van der Waals surface area (Å²) in [6.07, 6.45) is 19.4. The van der Waals surface area contributed by atoms with Crippen LogP contribution in [0, 0.1) is 41.4 Å². The van der Waals surface area contributed by atoms with Gasteiger partial charge >= 0.3 is 0 Å². The van der Waals surface area contributed by atoms with Crippen LogP contribution in [0.5, 0.6) is 0 Å². The number of aliphatic hydroxyl groups excluding tert-OH is 1. The molecule has 0 aromatic rings. The third kappa shape index (κ3) is 23.8. The van der Waals surface area contributed by atoms with E-state index in [2.05, 4.69) is 16.0 Å². The summed E-state index contributed by atoms with van der Waals surface area (Å²) in [6.45, 7) is 16.5. The summed E-state index contributed by atoms with van der Waals surface area (Å²) in [6, 6.07) is -13.6. The zero-order valence-electron chi connectivity index (χ0n) is 67.5. The number of likely N-dealkylation sites (N-methyl/N-ethyl adjacent to an activating group) is 8. The van der Waals surface area contributed by atoms with Crippen molar-refractivity contribution in [3.05, 3.63) is 0 Å². The van der Waals surface area contributed by atoms with Crippen molar-refractivity contribution in [3.63, 3.8) is 0 Å². The Morgan fingerprint density at radius 1 is 0.362 bits per heavy atom. The summed E-state index contributed by atoms with van der Waals surface area (Å²) >= 11 is 0. The fraction of sp³-hybridized carbons (Fsp3) is 0.850. The van der Waals surface area contributed by atoms with Gasteiger partial charge in [0.1, 0.15) is 66.5 Å². The zero-order valence-corrected chi connectivity index (χ0v) is 67.5. The van der Waals surface area contributed by atoms with E-state index in [9.17, 15) is 14.7 Å². The highest BCUT2D eigenvalue weighted by atomic mass is 16.3. The normalized spacial score (nSPS) is 29.5. The average molecular weight is 1480 g/mol. The second-order valence-corrected chi connectivity index (χ2v) is 33.9. The molecule has 25 heteroatoms. The Morgan fingerprint density at radius 3 is 1.08 bits per heavy atom. The van der Waals surface area contributed by atoms with Gasteiger partial charge in [0.2, 0.25) is 70.9 Å². The van der Waals surface area contributed by atoms with Gasteiger partial charge in [0.15, 0.2) is 0 Å². The van der Waals surface area contributed by atoms with Crippen LogP contribution in [0.25, 0.3) is 0 Å². The fourth-order valence-corrected chi connectivity index (χ4v) is 17.4. The molecule has 6 aliphatic rings. The second-order valence-electron chi connectivity index (χ2n) is 33.9. The van der Waals surface area contributed by atoms with Crippen LogP contribution in [0.3, 0.4) is 0 Å². The Labute approximate surface area is 629 Å². The van der Waals surface area contributed by atoms with E-state index in [0.29, 0.717) is 25.9 Å². The quantitative estimate of drug-likeness (QED) is 0.124. The molecule has 0 aromatic carbocycles. The van der Waals surface area contributed by atoms with E-state index in [1.807, 2.05) is 27.7 Å². The number of hydrogen-bond acceptors (Lipinski definition) is 13. The molecule has 596 valence electrons. The molecule has 0 aromatic heterocycles. The standard InChI is InChI=1S/C80H138N12O13/c1-50(2)43-61-71(96)82-68(52(5)6)79(104)91(17)64(44-51(3)4)76(101)90(16)66(48-59-39-29-21-30-40-59)78(103)88(14)63(46-57-35-25-19-26-36-57)72(97)83-69(55(9)93)80(105)85(11)54(8)74(99)86(12)62(45-56-33-23-18-24-34-56)70(95)81-60(75(100)92-41-31-22-32-42-92)49-67(94)84(10)53(7)73(98)89(15)65(77(102)87(61)13)47-58-37-27-20-28-38-58/h50-66,68-69,93H,18-49H2,1-17H3,(H,81,95)(H,82,96)(H,83,97)/t53-,54-,55+,60-,61-,62-,63-,64-,65-,66-,68-,69-/m0/s1. The van der Waals surface area contributed by atoms with Gasteiger partial charge in [-0.2, -0.15) is 0 Å². The molecule has 0 spiro atoms. The molecule has 0 unspecified atom stereocenters. The van der Waals surface area contributed by atoms with Crippen molar-refractivity contribution in [2.24, 2.45) is 41.4 Å². The molecule has 105 heavy (non-hydrogen) atoms. The van der Waals surface area contributed by atoms with E-state index in [4.69, 9.17) is 0 Å². The van der Waals surface area contributed by atoms with Crippen LogP contribution in [-0.4, -0.2) is 262 Å². The fourth-order valence-electron chi connectivity index (χ4n) is 17.4. The summed E-state index contributed by atoms with van der Waals surface area (Å²) in [4.78, 5) is 196. The SMILES string of the molecule is CC(C)C[C@H]1C(=O)N(C)[C@@H](CC2CCCCC2)C(=O)N(C)[C@@H](CC2CCCCC2)C(=O)N[C@@H]([C@@H](C)O)C(=O)N(C)[C@@H](C)C(=O)N(C)[C@@H](CC2CCCCC2)C(=O)N[C@H](C(=O)N2CCCCC2)CC(=O)N(C)[C@@H](C)C(=O)N(C)[C@@H](CC2CCCCC2)C(=O)N(C)[C@@H](CC(C)C)C(=O)N[C@@H](C(C)C)C(=O)N1C. The molecular weight excluding hydrogens is 1340 g/mol. The number of nitrogens with one attached hydrogen (secondary N) is 3. The topological polar surface area (TPSA) is 290 Å². The minimum atomic E-state index is -1.63. The van der Waals surface area contributed by atoms with Gasteiger partial charge in [-0.1, -0.05) is 170 Å². The number of nitrogens with zero attached hydrogens (tertiary/aromatic N) is 9. The Morgan fingerprint density at radius 2 is 0.667 bits per heavy atom. The highest BCUT2D eigenvalue weighted by Gasteiger charge is 2.47. The smallest absolute Gasteiger partial charge is 0.248 e. The molecule has 0 radical (unpaired) electrons. The molecule has 4 aliphatic carbocycles. The molecule has 6 fully saturated rings. The first-order valence-electron chi connectivity index (χ1n) is 40.6. The van der Waals surface area contributed by atoms with Gasteiger partial charge in [-0.25, -0.2) is 0 Å². The van der Waals surface area contributed by atoms with Gasteiger partial charge in [0.25, 0.3) is 0 Å². The lowest BCUT2D eigenvalue weighted by Gasteiger charge is -2.41. The van der Waals surface area contributed by atoms with Crippen molar-refractivity contribution in [2.75, 3.05) is 69.5 Å². The van der Waals surface area contributed by atoms with Crippen LogP contribution in [-0.2, 0) is 57.5 Å². The summed E-state index contributed by atoms with van der Waals surface area (Å²) < 4.78 is 0. The first-order chi connectivity index (χ1) is 49.6. The van der Waals surface area contributed by atoms with E-state index in [1.54, 1.807) is 46.8 Å². The van der Waals surface area contributed by atoms with Gasteiger partial charge in [0, 0.05) is 69.5 Å². The molecule has 4 saturated carbocycles. The molecule has 6 rings (SSSR count). The maximum atomic E-state index is 15.9. The van der Waals surface area contributed by atoms with Crippen LogP contribution < -0.4 is 16.0 Å². The predicted molar refractivity (Wildman–Crippen MR) is 405 cm³/mol. The van der Waals surface area contributed by atoms with Crippen LogP contribution in [0.1, 0.15) is 255 Å². The van der Waals surface area contributed by atoms with E-state index >= 15 is 47.9 Å². The molecule has 2 heterocycles. The largest absolute Gasteiger partial charge is 0.391 e. The maximum Gasteiger partial charge on any atom is 0.248 e.